The lowest BCUT2D eigenvalue weighted by Crippen LogP contribution is -2.40. The van der Waals surface area contributed by atoms with Crippen LogP contribution in [0.1, 0.15) is 32.3 Å². The summed E-state index contributed by atoms with van der Waals surface area (Å²) in [6.45, 7) is 3.37. The molecular formula is C18H23N3O5. The van der Waals surface area contributed by atoms with Gasteiger partial charge in [0.1, 0.15) is 5.54 Å². The Morgan fingerprint density at radius 1 is 1.19 bits per heavy atom. The number of amides is 4. The second-order valence-corrected chi connectivity index (χ2v) is 6.54. The van der Waals surface area contributed by atoms with Gasteiger partial charge in [0.05, 0.1) is 0 Å². The fourth-order valence-electron chi connectivity index (χ4n) is 2.47. The maximum atomic E-state index is 12.0. The lowest BCUT2D eigenvalue weighted by molar-refractivity contribution is -0.148. The monoisotopic (exact) mass is 361 g/mol. The van der Waals surface area contributed by atoms with Gasteiger partial charge in [-0.2, -0.15) is 0 Å². The van der Waals surface area contributed by atoms with Crippen molar-refractivity contribution in [1.29, 1.82) is 0 Å². The van der Waals surface area contributed by atoms with Crippen molar-refractivity contribution in [2.75, 3.05) is 13.2 Å². The quantitative estimate of drug-likeness (QED) is 0.530. The Labute approximate surface area is 151 Å². The summed E-state index contributed by atoms with van der Waals surface area (Å²) in [4.78, 5) is 48.1. The molecule has 1 heterocycles. The van der Waals surface area contributed by atoms with Gasteiger partial charge in [0.15, 0.2) is 6.61 Å². The average molecular weight is 361 g/mol. The molecule has 0 bridgehead atoms. The number of carbonyl (C=O) groups is 4. The van der Waals surface area contributed by atoms with Gasteiger partial charge < -0.3 is 15.4 Å². The summed E-state index contributed by atoms with van der Waals surface area (Å²) in [6.07, 6.45) is 0.295. The van der Waals surface area contributed by atoms with Crippen LogP contribution in [-0.2, 0) is 25.7 Å². The molecule has 8 nitrogen and oxygen atoms in total. The molecule has 1 saturated heterocycles. The van der Waals surface area contributed by atoms with E-state index in [0.717, 1.165) is 10.5 Å². The molecule has 0 spiro atoms. The van der Waals surface area contributed by atoms with Crippen LogP contribution < -0.4 is 10.6 Å². The molecule has 2 N–H and O–H groups in total. The highest BCUT2D eigenvalue weighted by Gasteiger charge is 2.43. The summed E-state index contributed by atoms with van der Waals surface area (Å²) in [7, 11) is 0. The van der Waals surface area contributed by atoms with E-state index in [1.54, 1.807) is 13.8 Å². The van der Waals surface area contributed by atoms with Crippen LogP contribution in [0.5, 0.6) is 0 Å². The third-order valence-electron chi connectivity index (χ3n) is 3.90. The Bertz CT molecular complexity index is 687. The van der Waals surface area contributed by atoms with Crippen LogP contribution in [0, 0.1) is 0 Å². The third-order valence-corrected chi connectivity index (χ3v) is 3.90. The van der Waals surface area contributed by atoms with Gasteiger partial charge >= 0.3 is 12.0 Å². The normalized spacial score (nSPS) is 15.5. The van der Waals surface area contributed by atoms with Gasteiger partial charge in [-0.25, -0.2) is 4.79 Å². The van der Waals surface area contributed by atoms with Gasteiger partial charge in [-0.3, -0.25) is 19.3 Å². The molecule has 0 radical (unpaired) electrons. The van der Waals surface area contributed by atoms with Crippen LogP contribution in [0.4, 0.5) is 4.79 Å². The number of hydrogen-bond acceptors (Lipinski definition) is 5. The van der Waals surface area contributed by atoms with Crippen molar-refractivity contribution in [3.63, 3.8) is 0 Å². The number of ether oxygens (including phenoxy) is 1. The Hall–Kier alpha value is -2.90. The first-order valence-electron chi connectivity index (χ1n) is 8.40. The van der Waals surface area contributed by atoms with Crippen molar-refractivity contribution in [1.82, 2.24) is 15.5 Å². The third kappa shape index (κ3) is 5.30. The summed E-state index contributed by atoms with van der Waals surface area (Å²) in [5, 5.41) is 5.22. The van der Waals surface area contributed by atoms with Crippen molar-refractivity contribution in [3.05, 3.63) is 35.9 Å². The summed E-state index contributed by atoms with van der Waals surface area (Å²) in [6, 6.07) is 8.91. The van der Waals surface area contributed by atoms with Gasteiger partial charge in [-0.1, -0.05) is 30.3 Å². The Kier molecular flexibility index (Phi) is 6.32. The lowest BCUT2D eigenvalue weighted by Gasteiger charge is -2.15. The molecule has 1 aliphatic rings. The standard InChI is InChI=1S/C18H23N3O5/c1-18(2)16(24)21(17(25)20-18)10-6-9-15(23)26-12-14(22)19-11-13-7-4-3-5-8-13/h3-5,7-8H,6,9-12H2,1-2H3,(H,19,22)(H,20,25). The molecule has 1 fully saturated rings. The van der Waals surface area contributed by atoms with Gasteiger partial charge in [-0.15, -0.1) is 0 Å². The van der Waals surface area contributed by atoms with E-state index in [-0.39, 0.29) is 31.9 Å². The molecule has 140 valence electrons. The number of imide groups is 1. The first-order valence-corrected chi connectivity index (χ1v) is 8.40. The van der Waals surface area contributed by atoms with E-state index >= 15 is 0 Å². The zero-order valence-corrected chi connectivity index (χ0v) is 14.9. The van der Waals surface area contributed by atoms with E-state index < -0.39 is 23.4 Å². The maximum Gasteiger partial charge on any atom is 0.325 e. The van der Waals surface area contributed by atoms with E-state index in [1.807, 2.05) is 30.3 Å². The summed E-state index contributed by atoms with van der Waals surface area (Å²) in [5.74, 6) is -1.26. The van der Waals surface area contributed by atoms with Crippen LogP contribution in [0.25, 0.3) is 0 Å². The van der Waals surface area contributed by atoms with E-state index in [1.165, 1.54) is 0 Å². The summed E-state index contributed by atoms with van der Waals surface area (Å²) >= 11 is 0. The van der Waals surface area contributed by atoms with Crippen molar-refractivity contribution >= 4 is 23.8 Å². The number of esters is 1. The van der Waals surface area contributed by atoms with Crippen LogP contribution >= 0.6 is 0 Å². The minimum absolute atomic E-state index is 0.0173. The van der Waals surface area contributed by atoms with E-state index in [9.17, 15) is 19.2 Å². The molecule has 8 heteroatoms. The number of carbonyl (C=O) groups excluding carboxylic acids is 4. The molecule has 1 aromatic rings. The zero-order chi connectivity index (χ0) is 19.2. The molecule has 0 unspecified atom stereocenters. The van der Waals surface area contributed by atoms with E-state index in [0.29, 0.717) is 6.54 Å². The van der Waals surface area contributed by atoms with Crippen molar-refractivity contribution in [2.24, 2.45) is 0 Å². The minimum atomic E-state index is -0.922. The fourth-order valence-corrected chi connectivity index (χ4v) is 2.47. The fraction of sp³-hybridized carbons (Fsp3) is 0.444. The topological polar surface area (TPSA) is 105 Å². The number of rotatable bonds is 8. The predicted molar refractivity (Wildman–Crippen MR) is 92.8 cm³/mol. The molecule has 1 aliphatic heterocycles. The first-order chi connectivity index (χ1) is 12.3. The van der Waals surface area contributed by atoms with Crippen LogP contribution in [-0.4, -0.2) is 47.4 Å². The number of nitrogens with one attached hydrogen (secondary N) is 2. The highest BCUT2D eigenvalue weighted by atomic mass is 16.5. The van der Waals surface area contributed by atoms with Gasteiger partial charge in [-0.05, 0) is 25.8 Å². The highest BCUT2D eigenvalue weighted by molar-refractivity contribution is 6.06. The highest BCUT2D eigenvalue weighted by Crippen LogP contribution is 2.17. The van der Waals surface area contributed by atoms with Gasteiger partial charge in [0, 0.05) is 19.5 Å². The molecule has 4 amide bonds. The Morgan fingerprint density at radius 2 is 1.88 bits per heavy atom. The molecule has 26 heavy (non-hydrogen) atoms. The average Bonchev–Trinajstić information content (AvgIpc) is 2.80. The first kappa shape index (κ1) is 19.4. The van der Waals surface area contributed by atoms with Crippen LogP contribution in [0.2, 0.25) is 0 Å². The largest absolute Gasteiger partial charge is 0.456 e. The smallest absolute Gasteiger partial charge is 0.325 e. The second-order valence-electron chi connectivity index (χ2n) is 6.54. The van der Waals surface area contributed by atoms with E-state index in [2.05, 4.69) is 10.6 Å². The van der Waals surface area contributed by atoms with Crippen molar-refractivity contribution in [2.45, 2.75) is 38.8 Å². The Balaban J connectivity index is 1.62. The predicted octanol–water partition coefficient (Wildman–Crippen LogP) is 0.957. The molecule has 0 saturated carbocycles. The second kappa shape index (κ2) is 8.46. The number of hydrogen-bond donors (Lipinski definition) is 2. The summed E-state index contributed by atoms with van der Waals surface area (Å²) in [5.41, 5.74) is 0.0256. The van der Waals surface area contributed by atoms with Crippen LogP contribution in [0.15, 0.2) is 30.3 Å². The zero-order valence-electron chi connectivity index (χ0n) is 14.9. The van der Waals surface area contributed by atoms with Crippen molar-refractivity contribution in [3.8, 4) is 0 Å². The number of nitrogens with zero attached hydrogens (tertiary/aromatic N) is 1. The SMILES string of the molecule is CC1(C)NC(=O)N(CCCC(=O)OCC(=O)NCc2ccccc2)C1=O. The number of urea groups is 1. The van der Waals surface area contributed by atoms with Crippen molar-refractivity contribution < 1.29 is 23.9 Å². The van der Waals surface area contributed by atoms with E-state index in [4.69, 9.17) is 4.74 Å². The molecule has 0 aromatic heterocycles. The van der Waals surface area contributed by atoms with Crippen LogP contribution in [0.3, 0.4) is 0 Å². The van der Waals surface area contributed by atoms with Gasteiger partial charge in [0.2, 0.25) is 0 Å². The maximum absolute atomic E-state index is 12.0. The molecular weight excluding hydrogens is 338 g/mol. The molecule has 1 aromatic carbocycles. The molecule has 0 atom stereocenters. The molecule has 0 aliphatic carbocycles. The summed E-state index contributed by atoms with van der Waals surface area (Å²) < 4.78 is 4.90. The minimum Gasteiger partial charge on any atom is -0.456 e. The lowest BCUT2D eigenvalue weighted by atomic mass is 10.1. The number of benzene rings is 1. The molecule has 2 rings (SSSR count). The van der Waals surface area contributed by atoms with Gasteiger partial charge in [0.25, 0.3) is 11.8 Å². The Morgan fingerprint density at radius 3 is 2.50 bits per heavy atom.